The number of aromatic nitrogens is 2. The van der Waals surface area contributed by atoms with E-state index in [4.69, 9.17) is 4.52 Å². The summed E-state index contributed by atoms with van der Waals surface area (Å²) in [6, 6.07) is 16.8. The summed E-state index contributed by atoms with van der Waals surface area (Å²) in [7, 11) is 0. The van der Waals surface area contributed by atoms with Crippen LogP contribution in [0.1, 0.15) is 30.9 Å². The Morgan fingerprint density at radius 1 is 1.00 bits per heavy atom. The van der Waals surface area contributed by atoms with E-state index in [1.165, 1.54) is 5.56 Å². The van der Waals surface area contributed by atoms with E-state index in [1.807, 2.05) is 80.3 Å². The van der Waals surface area contributed by atoms with Crippen molar-refractivity contribution in [2.45, 2.75) is 39.9 Å². The lowest BCUT2D eigenvalue weighted by Gasteiger charge is -2.36. The van der Waals surface area contributed by atoms with E-state index in [0.29, 0.717) is 51.0 Å². The number of benzene rings is 2. The van der Waals surface area contributed by atoms with Crippen molar-refractivity contribution in [3.63, 3.8) is 0 Å². The first-order valence-electron chi connectivity index (χ1n) is 12.4. The zero-order chi connectivity index (χ0) is 25.5. The molecule has 9 nitrogen and oxygen atoms in total. The molecule has 1 atom stereocenters. The van der Waals surface area contributed by atoms with E-state index in [0.717, 1.165) is 11.1 Å². The molecular weight excluding hydrogens is 456 g/mol. The predicted octanol–water partition coefficient (Wildman–Crippen LogP) is 3.21. The first-order valence-corrected chi connectivity index (χ1v) is 12.4. The SMILES string of the molecule is Cc1ccc(-c2noc(CN3CCN(C(=O)C(NC(=O)NCc4ccccc4)C(C)C)CC3)n2)cc1. The van der Waals surface area contributed by atoms with Crippen LogP contribution in [0, 0.1) is 12.8 Å². The second-order valence-corrected chi connectivity index (χ2v) is 9.51. The van der Waals surface area contributed by atoms with Crippen molar-refractivity contribution in [2.75, 3.05) is 26.2 Å². The van der Waals surface area contributed by atoms with Gasteiger partial charge in [-0.2, -0.15) is 4.98 Å². The minimum Gasteiger partial charge on any atom is -0.338 e. The van der Waals surface area contributed by atoms with Crippen molar-refractivity contribution in [1.29, 1.82) is 0 Å². The Hall–Kier alpha value is -3.72. The second-order valence-electron chi connectivity index (χ2n) is 9.51. The van der Waals surface area contributed by atoms with Crippen LogP contribution in [0.4, 0.5) is 4.79 Å². The molecule has 2 heterocycles. The molecule has 2 N–H and O–H groups in total. The lowest BCUT2D eigenvalue weighted by Crippen LogP contribution is -2.57. The Balaban J connectivity index is 1.26. The van der Waals surface area contributed by atoms with E-state index >= 15 is 0 Å². The van der Waals surface area contributed by atoms with Crippen molar-refractivity contribution in [2.24, 2.45) is 5.92 Å². The van der Waals surface area contributed by atoms with Gasteiger partial charge in [0.05, 0.1) is 6.54 Å². The number of piperazine rings is 1. The number of urea groups is 1. The molecule has 1 unspecified atom stereocenters. The van der Waals surface area contributed by atoms with Gasteiger partial charge in [0.2, 0.25) is 17.6 Å². The summed E-state index contributed by atoms with van der Waals surface area (Å²) in [5, 5.41) is 9.81. The fourth-order valence-electron chi connectivity index (χ4n) is 4.14. The number of carbonyl (C=O) groups is 2. The molecule has 9 heteroatoms. The average Bonchev–Trinajstić information content (AvgIpc) is 3.35. The summed E-state index contributed by atoms with van der Waals surface area (Å²) in [6.07, 6.45) is 0. The monoisotopic (exact) mass is 490 g/mol. The Morgan fingerprint density at radius 2 is 1.69 bits per heavy atom. The number of rotatable bonds is 8. The minimum atomic E-state index is -0.583. The number of amides is 3. The third-order valence-electron chi connectivity index (χ3n) is 6.34. The molecule has 1 aliphatic heterocycles. The third-order valence-corrected chi connectivity index (χ3v) is 6.34. The number of nitrogens with one attached hydrogen (secondary N) is 2. The van der Waals surface area contributed by atoms with E-state index in [9.17, 15) is 9.59 Å². The van der Waals surface area contributed by atoms with Crippen LogP contribution in [0.25, 0.3) is 11.4 Å². The summed E-state index contributed by atoms with van der Waals surface area (Å²) < 4.78 is 5.46. The first-order chi connectivity index (χ1) is 17.4. The second kappa shape index (κ2) is 11.8. The fourth-order valence-corrected chi connectivity index (χ4v) is 4.14. The molecule has 3 aromatic rings. The summed E-state index contributed by atoms with van der Waals surface area (Å²) >= 11 is 0. The van der Waals surface area contributed by atoms with Crippen LogP contribution in [-0.2, 0) is 17.9 Å². The highest BCUT2D eigenvalue weighted by molar-refractivity contribution is 5.87. The smallest absolute Gasteiger partial charge is 0.315 e. The van der Waals surface area contributed by atoms with Crippen molar-refractivity contribution in [3.05, 3.63) is 71.6 Å². The van der Waals surface area contributed by atoms with Gasteiger partial charge in [-0.15, -0.1) is 0 Å². The van der Waals surface area contributed by atoms with Crippen LogP contribution < -0.4 is 10.6 Å². The van der Waals surface area contributed by atoms with E-state index in [1.54, 1.807) is 0 Å². The lowest BCUT2D eigenvalue weighted by atomic mass is 10.0. The van der Waals surface area contributed by atoms with Crippen molar-refractivity contribution in [1.82, 2.24) is 30.6 Å². The highest BCUT2D eigenvalue weighted by atomic mass is 16.5. The maximum Gasteiger partial charge on any atom is 0.315 e. The number of nitrogens with zero attached hydrogens (tertiary/aromatic N) is 4. The van der Waals surface area contributed by atoms with Crippen molar-refractivity contribution in [3.8, 4) is 11.4 Å². The number of carbonyl (C=O) groups excluding carboxylic acids is 2. The van der Waals surface area contributed by atoms with Crippen LogP contribution in [0.2, 0.25) is 0 Å². The lowest BCUT2D eigenvalue weighted by molar-refractivity contribution is -0.136. The van der Waals surface area contributed by atoms with Gasteiger partial charge in [-0.05, 0) is 18.4 Å². The van der Waals surface area contributed by atoms with Gasteiger partial charge in [-0.1, -0.05) is 79.2 Å². The molecule has 36 heavy (non-hydrogen) atoms. The zero-order valence-electron chi connectivity index (χ0n) is 21.1. The summed E-state index contributed by atoms with van der Waals surface area (Å²) in [5.41, 5.74) is 3.10. The fraction of sp³-hybridized carbons (Fsp3) is 0.407. The molecule has 0 saturated carbocycles. The van der Waals surface area contributed by atoms with Gasteiger partial charge < -0.3 is 20.1 Å². The van der Waals surface area contributed by atoms with Crippen LogP contribution in [0.3, 0.4) is 0 Å². The first kappa shape index (κ1) is 25.4. The van der Waals surface area contributed by atoms with Gasteiger partial charge in [0, 0.05) is 38.3 Å². The molecule has 1 fully saturated rings. The van der Waals surface area contributed by atoms with E-state index < -0.39 is 6.04 Å². The highest BCUT2D eigenvalue weighted by Crippen LogP contribution is 2.18. The zero-order valence-corrected chi connectivity index (χ0v) is 21.1. The highest BCUT2D eigenvalue weighted by Gasteiger charge is 2.31. The quantitative estimate of drug-likeness (QED) is 0.503. The van der Waals surface area contributed by atoms with E-state index in [2.05, 4.69) is 25.7 Å². The van der Waals surface area contributed by atoms with Crippen molar-refractivity contribution < 1.29 is 14.1 Å². The molecule has 1 aliphatic rings. The predicted molar refractivity (Wildman–Crippen MR) is 137 cm³/mol. The maximum absolute atomic E-state index is 13.2. The summed E-state index contributed by atoms with van der Waals surface area (Å²) in [4.78, 5) is 34.2. The van der Waals surface area contributed by atoms with Crippen LogP contribution >= 0.6 is 0 Å². The van der Waals surface area contributed by atoms with Gasteiger partial charge in [0.15, 0.2) is 0 Å². The summed E-state index contributed by atoms with van der Waals surface area (Å²) in [5.74, 6) is 1.05. The molecule has 3 amide bonds. The van der Waals surface area contributed by atoms with Gasteiger partial charge >= 0.3 is 6.03 Å². The molecular formula is C27H34N6O3. The largest absolute Gasteiger partial charge is 0.338 e. The normalized spacial score (nSPS) is 15.1. The molecule has 4 rings (SSSR count). The standard InChI is InChI=1S/C27H34N6O3/c1-19(2)24(30-27(35)28-17-21-7-5-4-6-8-21)26(34)33-15-13-32(14-16-33)18-23-29-25(31-36-23)22-11-9-20(3)10-12-22/h4-12,19,24H,13-18H2,1-3H3,(H2,28,30,35). The van der Waals surface area contributed by atoms with Gasteiger partial charge in [0.25, 0.3) is 0 Å². The van der Waals surface area contributed by atoms with E-state index in [-0.39, 0.29) is 17.9 Å². The van der Waals surface area contributed by atoms with Crippen LogP contribution in [0.5, 0.6) is 0 Å². The average molecular weight is 491 g/mol. The maximum atomic E-state index is 13.2. The molecule has 1 aromatic heterocycles. The molecule has 0 aliphatic carbocycles. The molecule has 2 aromatic carbocycles. The topological polar surface area (TPSA) is 104 Å². The van der Waals surface area contributed by atoms with Gasteiger partial charge in [-0.25, -0.2) is 4.79 Å². The third kappa shape index (κ3) is 6.69. The Labute approximate surface area is 211 Å². The number of hydrogen-bond donors (Lipinski definition) is 2. The molecule has 1 saturated heterocycles. The number of hydrogen-bond acceptors (Lipinski definition) is 6. The Kier molecular flexibility index (Phi) is 8.32. The molecule has 190 valence electrons. The molecule has 0 bridgehead atoms. The van der Waals surface area contributed by atoms with Gasteiger partial charge in [0.1, 0.15) is 6.04 Å². The molecule has 0 radical (unpaired) electrons. The minimum absolute atomic E-state index is 0.0309. The van der Waals surface area contributed by atoms with Crippen LogP contribution in [-0.4, -0.2) is 64.1 Å². The van der Waals surface area contributed by atoms with Crippen molar-refractivity contribution >= 4 is 11.9 Å². The van der Waals surface area contributed by atoms with Crippen LogP contribution in [0.15, 0.2) is 59.1 Å². The Morgan fingerprint density at radius 3 is 2.36 bits per heavy atom. The molecule has 0 spiro atoms. The summed E-state index contributed by atoms with van der Waals surface area (Å²) in [6.45, 7) is 9.41. The number of aryl methyl sites for hydroxylation is 1. The van der Waals surface area contributed by atoms with Gasteiger partial charge in [-0.3, -0.25) is 9.69 Å². The Bertz CT molecular complexity index is 1140.